The van der Waals surface area contributed by atoms with Crippen LogP contribution in [0.5, 0.6) is 0 Å². The van der Waals surface area contributed by atoms with Gasteiger partial charge in [-0.2, -0.15) is 0 Å². The van der Waals surface area contributed by atoms with Crippen LogP contribution in [0.25, 0.3) is 0 Å². The van der Waals surface area contributed by atoms with Gasteiger partial charge in [0.1, 0.15) is 11.9 Å². The lowest BCUT2D eigenvalue weighted by atomic mass is 9.94. The molecule has 1 aliphatic carbocycles. The summed E-state index contributed by atoms with van der Waals surface area (Å²) in [6, 6.07) is 14.4. The van der Waals surface area contributed by atoms with Crippen molar-refractivity contribution < 1.29 is 9.59 Å². The fourth-order valence-electron chi connectivity index (χ4n) is 4.08. The van der Waals surface area contributed by atoms with Crippen molar-refractivity contribution in [1.82, 2.24) is 10.2 Å². The Bertz CT molecular complexity index is 881. The fourth-order valence-corrected chi connectivity index (χ4v) is 4.43. The zero-order valence-electron chi connectivity index (χ0n) is 17.2. The molecule has 3 rings (SSSR count). The minimum absolute atomic E-state index is 0.144. The third-order valence-electron chi connectivity index (χ3n) is 5.73. The quantitative estimate of drug-likeness (QED) is 0.578. The minimum atomic E-state index is -0.768. The van der Waals surface area contributed by atoms with Gasteiger partial charge in [0.25, 0.3) is 0 Å². The van der Waals surface area contributed by atoms with Crippen LogP contribution in [0, 0.1) is 6.92 Å². The number of carbonyl (C=O) groups excluding carboxylic acids is 2. The van der Waals surface area contributed by atoms with Crippen molar-refractivity contribution in [3.8, 4) is 0 Å². The van der Waals surface area contributed by atoms with Gasteiger partial charge in [-0.25, -0.2) is 0 Å². The van der Waals surface area contributed by atoms with E-state index in [9.17, 15) is 9.59 Å². The van der Waals surface area contributed by atoms with E-state index in [4.69, 9.17) is 23.2 Å². The zero-order chi connectivity index (χ0) is 21.5. The summed E-state index contributed by atoms with van der Waals surface area (Å²) in [5.41, 5.74) is 2.53. The molecule has 0 bridgehead atoms. The normalized spacial score (nSPS) is 15.4. The monoisotopic (exact) mass is 446 g/mol. The van der Waals surface area contributed by atoms with Gasteiger partial charge in [0.15, 0.2) is 0 Å². The highest BCUT2D eigenvalue weighted by Gasteiger charge is 2.33. The third-order valence-corrected chi connectivity index (χ3v) is 6.33. The van der Waals surface area contributed by atoms with E-state index < -0.39 is 6.04 Å². The first kappa shape index (κ1) is 22.6. The van der Waals surface area contributed by atoms with Gasteiger partial charge in [-0.3, -0.25) is 9.59 Å². The molecule has 2 aromatic carbocycles. The first-order chi connectivity index (χ1) is 14.5. The van der Waals surface area contributed by atoms with Gasteiger partial charge in [0.05, 0.1) is 0 Å². The van der Waals surface area contributed by atoms with Gasteiger partial charge in [-0.1, -0.05) is 73.3 Å². The molecule has 0 aliphatic heterocycles. The summed E-state index contributed by atoms with van der Waals surface area (Å²) in [6.45, 7) is 2.16. The summed E-state index contributed by atoms with van der Waals surface area (Å²) in [6.07, 6.45) is 5.38. The van der Waals surface area contributed by atoms with E-state index in [1.54, 1.807) is 11.0 Å². The molecule has 0 radical (unpaired) electrons. The first-order valence-electron chi connectivity index (χ1n) is 10.5. The number of hydrogen-bond donors (Lipinski definition) is 1. The molecule has 2 aromatic rings. The van der Waals surface area contributed by atoms with Gasteiger partial charge in [-0.05, 0) is 42.5 Å². The van der Waals surface area contributed by atoms with Crippen molar-refractivity contribution in [2.45, 2.75) is 57.7 Å². The second-order valence-corrected chi connectivity index (χ2v) is 8.52. The Morgan fingerprint density at radius 1 is 1.07 bits per heavy atom. The number of aryl methyl sites for hydroxylation is 1. The summed E-state index contributed by atoms with van der Waals surface area (Å²) in [5.74, 6) is -0.672. The largest absolute Gasteiger partial charge is 0.351 e. The molecule has 6 heteroatoms. The van der Waals surface area contributed by atoms with Crippen molar-refractivity contribution in [2.24, 2.45) is 0 Å². The van der Waals surface area contributed by atoms with Crippen LogP contribution in [-0.2, 0) is 16.1 Å². The highest BCUT2D eigenvalue weighted by molar-refractivity contribution is 6.31. The van der Waals surface area contributed by atoms with Crippen LogP contribution in [0.2, 0.25) is 5.02 Å². The van der Waals surface area contributed by atoms with E-state index in [0.717, 1.165) is 42.4 Å². The summed E-state index contributed by atoms with van der Waals surface area (Å²) in [4.78, 5) is 28.0. The smallest absolute Gasteiger partial charge is 0.247 e. The number of benzene rings is 2. The molecule has 0 aromatic heterocycles. The molecular formula is C24H28Cl2N2O2. The predicted octanol–water partition coefficient (Wildman–Crippen LogP) is 5.41. The number of rotatable bonds is 7. The predicted molar refractivity (Wildman–Crippen MR) is 122 cm³/mol. The van der Waals surface area contributed by atoms with Gasteiger partial charge in [-0.15, -0.1) is 11.6 Å². The molecule has 4 nitrogen and oxygen atoms in total. The maximum Gasteiger partial charge on any atom is 0.247 e. The molecule has 0 spiro atoms. The molecule has 0 heterocycles. The first-order valence-corrected chi connectivity index (χ1v) is 11.4. The number of nitrogens with one attached hydrogen (secondary N) is 1. The number of nitrogens with zero attached hydrogens (tertiary/aromatic N) is 1. The number of alkyl halides is 1. The van der Waals surface area contributed by atoms with Crippen molar-refractivity contribution in [1.29, 1.82) is 0 Å². The molecule has 1 aliphatic rings. The Balaban J connectivity index is 1.98. The van der Waals surface area contributed by atoms with E-state index >= 15 is 0 Å². The molecular weight excluding hydrogens is 419 g/mol. The summed E-state index contributed by atoms with van der Waals surface area (Å²) < 4.78 is 0. The van der Waals surface area contributed by atoms with E-state index in [1.807, 2.05) is 49.4 Å². The van der Waals surface area contributed by atoms with Gasteiger partial charge in [0.2, 0.25) is 11.8 Å². The number of amides is 2. The van der Waals surface area contributed by atoms with Crippen LogP contribution in [-0.4, -0.2) is 28.6 Å². The molecule has 160 valence electrons. The lowest BCUT2D eigenvalue weighted by Gasteiger charge is -2.34. The lowest BCUT2D eigenvalue weighted by molar-refractivity contribution is -0.140. The Kier molecular flexibility index (Phi) is 8.17. The Labute approximate surface area is 188 Å². The molecule has 0 saturated heterocycles. The molecule has 1 saturated carbocycles. The van der Waals surface area contributed by atoms with E-state index in [-0.39, 0.29) is 30.3 Å². The molecule has 30 heavy (non-hydrogen) atoms. The number of carbonyl (C=O) groups is 2. The number of hydrogen-bond acceptors (Lipinski definition) is 2. The zero-order valence-corrected chi connectivity index (χ0v) is 18.8. The minimum Gasteiger partial charge on any atom is -0.351 e. The van der Waals surface area contributed by atoms with E-state index in [1.165, 1.54) is 6.42 Å². The van der Waals surface area contributed by atoms with Gasteiger partial charge < -0.3 is 10.2 Å². The standard InChI is InChI=1S/C24H28Cl2N2O2/c1-17-9-5-7-13-20(17)23(24(30)27-19-11-3-2-4-12-19)28(22(29)15-25)16-18-10-6-8-14-21(18)26/h5-10,13-14,19,23H,2-4,11-12,15-16H2,1H3,(H,27,30). The van der Waals surface area contributed by atoms with Crippen molar-refractivity contribution >= 4 is 35.0 Å². The topological polar surface area (TPSA) is 49.4 Å². The van der Waals surface area contributed by atoms with E-state index in [0.29, 0.717) is 5.02 Å². The summed E-state index contributed by atoms with van der Waals surface area (Å²) >= 11 is 12.3. The third kappa shape index (κ3) is 5.55. The number of halogens is 2. The second-order valence-electron chi connectivity index (χ2n) is 7.85. The van der Waals surface area contributed by atoms with Crippen LogP contribution >= 0.6 is 23.2 Å². The van der Waals surface area contributed by atoms with Gasteiger partial charge >= 0.3 is 0 Å². The van der Waals surface area contributed by atoms with Crippen LogP contribution in [0.15, 0.2) is 48.5 Å². The van der Waals surface area contributed by atoms with Crippen molar-refractivity contribution in [3.05, 3.63) is 70.2 Å². The maximum atomic E-state index is 13.5. The van der Waals surface area contributed by atoms with Crippen LogP contribution in [0.1, 0.15) is 54.8 Å². The summed E-state index contributed by atoms with van der Waals surface area (Å²) in [5, 5.41) is 3.75. The lowest BCUT2D eigenvalue weighted by Crippen LogP contribution is -2.47. The SMILES string of the molecule is Cc1ccccc1C(C(=O)NC1CCCCC1)N(Cc1ccccc1Cl)C(=O)CCl. The Morgan fingerprint density at radius 3 is 2.40 bits per heavy atom. The van der Waals surface area contributed by atoms with Crippen LogP contribution in [0.4, 0.5) is 0 Å². The molecule has 1 N–H and O–H groups in total. The van der Waals surface area contributed by atoms with Crippen LogP contribution < -0.4 is 5.32 Å². The second kappa shape index (κ2) is 10.8. The Morgan fingerprint density at radius 2 is 1.73 bits per heavy atom. The summed E-state index contributed by atoms with van der Waals surface area (Å²) in [7, 11) is 0. The van der Waals surface area contributed by atoms with E-state index in [2.05, 4.69) is 5.32 Å². The molecule has 1 unspecified atom stereocenters. The highest BCUT2D eigenvalue weighted by atomic mass is 35.5. The van der Waals surface area contributed by atoms with Crippen molar-refractivity contribution in [2.75, 3.05) is 5.88 Å². The average molecular weight is 447 g/mol. The van der Waals surface area contributed by atoms with Gasteiger partial charge in [0, 0.05) is 17.6 Å². The molecule has 1 atom stereocenters. The van der Waals surface area contributed by atoms with Crippen LogP contribution in [0.3, 0.4) is 0 Å². The average Bonchev–Trinajstić information content (AvgIpc) is 2.76. The molecule has 1 fully saturated rings. The molecule has 2 amide bonds. The fraction of sp³-hybridized carbons (Fsp3) is 0.417. The highest BCUT2D eigenvalue weighted by Crippen LogP contribution is 2.29. The van der Waals surface area contributed by atoms with Crippen molar-refractivity contribution in [3.63, 3.8) is 0 Å². The Hall–Kier alpha value is -2.04. The maximum absolute atomic E-state index is 13.5.